The second-order valence-electron chi connectivity index (χ2n) is 1.85. The van der Waals surface area contributed by atoms with Gasteiger partial charge in [0.2, 0.25) is 0 Å². The molecular formula is C6H10NO. The first-order chi connectivity index (χ1) is 3.83. The molecule has 0 aliphatic carbocycles. The highest BCUT2D eigenvalue weighted by Crippen LogP contribution is 2.15. The van der Waals surface area contributed by atoms with Gasteiger partial charge in [0.05, 0.1) is 13.7 Å². The van der Waals surface area contributed by atoms with Crippen LogP contribution in [0.15, 0.2) is 12.0 Å². The normalized spacial score (nSPS) is 18.8. The Morgan fingerprint density at radius 2 is 2.50 bits per heavy atom. The average molecular weight is 112 g/mol. The molecule has 0 amide bonds. The maximum absolute atomic E-state index is 4.97. The van der Waals surface area contributed by atoms with E-state index >= 15 is 0 Å². The monoisotopic (exact) mass is 112 g/mol. The van der Waals surface area contributed by atoms with Crippen molar-refractivity contribution in [1.82, 2.24) is 4.90 Å². The van der Waals surface area contributed by atoms with Crippen LogP contribution in [0, 0.1) is 6.54 Å². The molecule has 0 atom stereocenters. The highest BCUT2D eigenvalue weighted by atomic mass is 16.5. The van der Waals surface area contributed by atoms with Crippen LogP contribution in [0.4, 0.5) is 0 Å². The lowest BCUT2D eigenvalue weighted by Crippen LogP contribution is -1.98. The Morgan fingerprint density at radius 1 is 1.75 bits per heavy atom. The van der Waals surface area contributed by atoms with Crippen LogP contribution in [0.25, 0.3) is 0 Å². The van der Waals surface area contributed by atoms with Gasteiger partial charge >= 0.3 is 0 Å². The third-order valence-electron chi connectivity index (χ3n) is 1.19. The molecule has 1 aliphatic heterocycles. The molecule has 0 aromatic carbocycles. The molecule has 0 N–H and O–H groups in total. The van der Waals surface area contributed by atoms with Gasteiger partial charge in [-0.05, 0) is 0 Å². The van der Waals surface area contributed by atoms with Crippen molar-refractivity contribution in [3.8, 4) is 0 Å². The van der Waals surface area contributed by atoms with Gasteiger partial charge in [0, 0.05) is 19.7 Å². The molecule has 0 fully saturated rings. The van der Waals surface area contributed by atoms with Gasteiger partial charge in [-0.1, -0.05) is 0 Å². The van der Waals surface area contributed by atoms with Crippen LogP contribution in [-0.2, 0) is 4.74 Å². The van der Waals surface area contributed by atoms with E-state index in [1.165, 1.54) is 0 Å². The van der Waals surface area contributed by atoms with Gasteiger partial charge in [0.15, 0.2) is 0 Å². The Balaban J connectivity index is 2.44. The van der Waals surface area contributed by atoms with Crippen molar-refractivity contribution in [1.29, 1.82) is 0 Å². The highest BCUT2D eigenvalue weighted by Gasteiger charge is 2.07. The maximum Gasteiger partial charge on any atom is 0.113 e. The standard InChI is InChI=1S/C6H10NO/c1-7-4-3-6(5-7)8-2/h4-5H,3H2,1-2H3. The molecule has 0 saturated heterocycles. The Labute approximate surface area is 49.7 Å². The summed E-state index contributed by atoms with van der Waals surface area (Å²) in [4.78, 5) is 2.00. The third kappa shape index (κ3) is 0.941. The molecule has 1 radical (unpaired) electrons. The maximum atomic E-state index is 4.97. The fourth-order valence-corrected chi connectivity index (χ4v) is 0.703. The van der Waals surface area contributed by atoms with Gasteiger partial charge in [-0.15, -0.1) is 0 Å². The highest BCUT2D eigenvalue weighted by molar-refractivity contribution is 5.04. The minimum absolute atomic E-state index is 0.938. The molecule has 8 heavy (non-hydrogen) atoms. The first-order valence-corrected chi connectivity index (χ1v) is 2.63. The van der Waals surface area contributed by atoms with Gasteiger partial charge in [-0.25, -0.2) is 0 Å². The lowest BCUT2D eigenvalue weighted by molar-refractivity contribution is 0.286. The van der Waals surface area contributed by atoms with E-state index in [4.69, 9.17) is 4.74 Å². The number of nitrogens with zero attached hydrogens (tertiary/aromatic N) is 1. The second-order valence-corrected chi connectivity index (χ2v) is 1.85. The van der Waals surface area contributed by atoms with Gasteiger partial charge < -0.3 is 9.64 Å². The minimum atomic E-state index is 0.938. The number of methoxy groups -OCH3 is 1. The van der Waals surface area contributed by atoms with E-state index in [-0.39, 0.29) is 0 Å². The lowest BCUT2D eigenvalue weighted by Gasteiger charge is -2.00. The van der Waals surface area contributed by atoms with Crippen molar-refractivity contribution in [2.24, 2.45) is 0 Å². The lowest BCUT2D eigenvalue weighted by atomic mass is 10.4. The number of rotatable bonds is 1. The van der Waals surface area contributed by atoms with Crippen molar-refractivity contribution >= 4 is 0 Å². The molecule has 1 rings (SSSR count). The fourth-order valence-electron chi connectivity index (χ4n) is 0.703. The van der Waals surface area contributed by atoms with Crippen LogP contribution in [0.5, 0.6) is 0 Å². The predicted molar refractivity (Wildman–Crippen MR) is 31.8 cm³/mol. The molecule has 45 valence electrons. The van der Waals surface area contributed by atoms with E-state index in [1.54, 1.807) is 7.11 Å². The summed E-state index contributed by atoms with van der Waals surface area (Å²) >= 11 is 0. The zero-order valence-corrected chi connectivity index (χ0v) is 5.22. The Kier molecular flexibility index (Phi) is 1.42. The average Bonchev–Trinajstić information content (AvgIpc) is 2.14. The van der Waals surface area contributed by atoms with Crippen molar-refractivity contribution in [2.45, 2.75) is 6.42 Å². The number of hydrogen-bond donors (Lipinski definition) is 0. The van der Waals surface area contributed by atoms with Crippen LogP contribution < -0.4 is 0 Å². The molecule has 2 nitrogen and oxygen atoms in total. The van der Waals surface area contributed by atoms with E-state index in [9.17, 15) is 0 Å². The zero-order chi connectivity index (χ0) is 5.98. The first-order valence-electron chi connectivity index (χ1n) is 2.63. The third-order valence-corrected chi connectivity index (χ3v) is 1.19. The van der Waals surface area contributed by atoms with Crippen molar-refractivity contribution in [3.63, 3.8) is 0 Å². The summed E-state index contributed by atoms with van der Waals surface area (Å²) in [5, 5.41) is 0. The molecule has 2 heteroatoms. The molecular weight excluding hydrogens is 102 g/mol. The zero-order valence-electron chi connectivity index (χ0n) is 5.22. The van der Waals surface area contributed by atoms with Crippen molar-refractivity contribution < 1.29 is 4.74 Å². The number of ether oxygens (including phenoxy) is 1. The molecule has 0 spiro atoms. The van der Waals surface area contributed by atoms with E-state index in [0.29, 0.717) is 0 Å². The van der Waals surface area contributed by atoms with Gasteiger partial charge in [-0.3, -0.25) is 0 Å². The fraction of sp³-hybridized carbons (Fsp3) is 0.500. The Hall–Kier alpha value is -0.660. The summed E-state index contributed by atoms with van der Waals surface area (Å²) in [7, 11) is 3.69. The Morgan fingerprint density at radius 3 is 2.75 bits per heavy atom. The van der Waals surface area contributed by atoms with E-state index < -0.39 is 0 Å². The first kappa shape index (κ1) is 5.48. The van der Waals surface area contributed by atoms with Gasteiger partial charge in [-0.2, -0.15) is 0 Å². The van der Waals surface area contributed by atoms with E-state index in [2.05, 4.69) is 6.54 Å². The summed E-state index contributed by atoms with van der Waals surface area (Å²) in [6, 6.07) is 0. The van der Waals surface area contributed by atoms with Crippen LogP contribution in [-0.4, -0.2) is 19.1 Å². The molecule has 0 aromatic heterocycles. The van der Waals surface area contributed by atoms with Crippen LogP contribution >= 0.6 is 0 Å². The summed E-state index contributed by atoms with van der Waals surface area (Å²) < 4.78 is 4.97. The molecule has 1 aliphatic rings. The molecule has 0 unspecified atom stereocenters. The molecule has 0 saturated carbocycles. The molecule has 0 aromatic rings. The van der Waals surface area contributed by atoms with E-state index in [0.717, 1.165) is 12.2 Å². The summed E-state index contributed by atoms with van der Waals surface area (Å²) in [6.45, 7) is 2.07. The summed E-state index contributed by atoms with van der Waals surface area (Å²) in [5.74, 6) is 1.03. The largest absolute Gasteiger partial charge is 0.500 e. The SMILES string of the molecule is COC1=CN(C)[CH]C1. The van der Waals surface area contributed by atoms with E-state index in [1.807, 2.05) is 18.1 Å². The predicted octanol–water partition coefficient (Wildman–Crippen LogP) is 0.971. The summed E-state index contributed by atoms with van der Waals surface area (Å²) in [6.07, 6.45) is 2.91. The second kappa shape index (κ2) is 2.07. The molecule has 1 heterocycles. The van der Waals surface area contributed by atoms with Crippen molar-refractivity contribution in [2.75, 3.05) is 14.2 Å². The van der Waals surface area contributed by atoms with Crippen LogP contribution in [0.3, 0.4) is 0 Å². The van der Waals surface area contributed by atoms with Crippen molar-refractivity contribution in [3.05, 3.63) is 18.5 Å². The quantitative estimate of drug-likeness (QED) is 0.501. The topological polar surface area (TPSA) is 12.5 Å². The molecule has 0 bridgehead atoms. The van der Waals surface area contributed by atoms with Gasteiger partial charge in [0.25, 0.3) is 0 Å². The van der Waals surface area contributed by atoms with Gasteiger partial charge in [0.1, 0.15) is 5.76 Å². The van der Waals surface area contributed by atoms with Crippen LogP contribution in [0.2, 0.25) is 0 Å². The summed E-state index contributed by atoms with van der Waals surface area (Å²) in [5.41, 5.74) is 0. The minimum Gasteiger partial charge on any atom is -0.500 e. The van der Waals surface area contributed by atoms with Crippen LogP contribution in [0.1, 0.15) is 6.42 Å². The smallest absolute Gasteiger partial charge is 0.113 e. The Bertz CT molecular complexity index is 109. The number of hydrogen-bond acceptors (Lipinski definition) is 2.